The third-order valence-electron chi connectivity index (χ3n) is 4.23. The Morgan fingerprint density at radius 1 is 1.37 bits per heavy atom. The Morgan fingerprint density at radius 3 is 3.00 bits per heavy atom. The third kappa shape index (κ3) is 2.89. The van der Waals surface area contributed by atoms with Crippen LogP contribution in [0.25, 0.3) is 5.69 Å². The van der Waals surface area contributed by atoms with Gasteiger partial charge in [0.05, 0.1) is 38.6 Å². The highest BCUT2D eigenvalue weighted by Gasteiger charge is 2.25. The summed E-state index contributed by atoms with van der Waals surface area (Å²) in [6, 6.07) is 11.0. The third-order valence-corrected chi connectivity index (χ3v) is 4.23. The van der Waals surface area contributed by atoms with Gasteiger partial charge < -0.3 is 4.74 Å². The number of fused-ring (bicyclic) bond motifs is 3. The van der Waals surface area contributed by atoms with E-state index in [2.05, 4.69) is 20.9 Å². The van der Waals surface area contributed by atoms with Crippen molar-refractivity contribution in [3.05, 3.63) is 77.1 Å². The van der Waals surface area contributed by atoms with Gasteiger partial charge in [-0.2, -0.15) is 0 Å². The number of pyridine rings is 1. The standard InChI is InChI=1S/C21H16N4O2/c1-3-14-8-9-17-15(11-14)19(16-7-5-6-10-22-16)23-12-18-20(21(26)27-4-2)24-13-25(17)18/h1,5-11,13H,4,12H2,2H3/i4D2. The summed E-state index contributed by atoms with van der Waals surface area (Å²) in [5.74, 6) is 1.78. The molecule has 0 amide bonds. The molecular formula is C21H16N4O2. The Hall–Kier alpha value is -3.72. The van der Waals surface area contributed by atoms with Gasteiger partial charge in [0.1, 0.15) is 6.33 Å². The maximum atomic E-state index is 12.4. The van der Waals surface area contributed by atoms with Crippen molar-refractivity contribution in [2.75, 3.05) is 6.56 Å². The number of ether oxygens (including phenoxy) is 1. The molecule has 3 aromatic rings. The van der Waals surface area contributed by atoms with Gasteiger partial charge >= 0.3 is 5.97 Å². The van der Waals surface area contributed by atoms with Crippen LogP contribution in [0.5, 0.6) is 0 Å². The number of hydrogen-bond acceptors (Lipinski definition) is 5. The molecule has 4 rings (SSSR count). The van der Waals surface area contributed by atoms with E-state index in [0.29, 0.717) is 22.7 Å². The lowest BCUT2D eigenvalue weighted by molar-refractivity contribution is 0.0518. The highest BCUT2D eigenvalue weighted by molar-refractivity contribution is 6.14. The van der Waals surface area contributed by atoms with Gasteiger partial charge in [-0.3, -0.25) is 14.5 Å². The van der Waals surface area contributed by atoms with E-state index in [-0.39, 0.29) is 12.2 Å². The number of imidazole rings is 1. The Bertz CT molecular complexity index is 1170. The van der Waals surface area contributed by atoms with Crippen LogP contribution in [0.3, 0.4) is 0 Å². The smallest absolute Gasteiger partial charge is 0.358 e. The fraction of sp³-hybridized carbons (Fsp3) is 0.143. The van der Waals surface area contributed by atoms with Crippen LogP contribution < -0.4 is 0 Å². The van der Waals surface area contributed by atoms with E-state index in [1.165, 1.54) is 6.33 Å². The number of aliphatic imine (C=N–C) groups is 1. The summed E-state index contributed by atoms with van der Waals surface area (Å²) in [5, 5.41) is 0. The van der Waals surface area contributed by atoms with Crippen LogP contribution in [0.1, 0.15) is 42.7 Å². The molecule has 1 aliphatic rings. The van der Waals surface area contributed by atoms with Crippen molar-refractivity contribution in [3.8, 4) is 18.0 Å². The first-order valence-corrected chi connectivity index (χ1v) is 8.24. The van der Waals surface area contributed by atoms with Crippen LogP contribution >= 0.6 is 0 Å². The van der Waals surface area contributed by atoms with Gasteiger partial charge in [-0.1, -0.05) is 12.0 Å². The van der Waals surface area contributed by atoms with E-state index in [1.807, 2.05) is 30.3 Å². The number of terminal acetylenes is 1. The van der Waals surface area contributed by atoms with E-state index in [1.54, 1.807) is 16.8 Å². The Morgan fingerprint density at radius 2 is 2.26 bits per heavy atom. The molecule has 132 valence electrons. The summed E-state index contributed by atoms with van der Waals surface area (Å²) >= 11 is 0. The predicted molar refractivity (Wildman–Crippen MR) is 101 cm³/mol. The summed E-state index contributed by atoms with van der Waals surface area (Å²) in [7, 11) is 0. The SMILES string of the molecule is [2H]C([2H])(C)OC(=O)c1ncn2c1CN=C(c1ccccn1)c1cc(C#C)ccc1-2. The topological polar surface area (TPSA) is 69.4 Å². The lowest BCUT2D eigenvalue weighted by Gasteiger charge is -2.12. The van der Waals surface area contributed by atoms with E-state index in [9.17, 15) is 4.79 Å². The van der Waals surface area contributed by atoms with Crippen LogP contribution in [0.15, 0.2) is 53.9 Å². The molecule has 1 aliphatic heterocycles. The zero-order valence-corrected chi connectivity index (χ0v) is 14.5. The first kappa shape index (κ1) is 14.4. The second-order valence-electron chi connectivity index (χ2n) is 5.76. The van der Waals surface area contributed by atoms with Crippen LogP contribution in [-0.2, 0) is 11.3 Å². The van der Waals surface area contributed by atoms with Crippen molar-refractivity contribution in [1.82, 2.24) is 14.5 Å². The molecule has 0 spiro atoms. The molecule has 3 heterocycles. The number of carbonyl (C=O) groups is 1. The van der Waals surface area contributed by atoms with Crippen molar-refractivity contribution in [3.63, 3.8) is 0 Å². The molecular weight excluding hydrogens is 340 g/mol. The zero-order valence-electron chi connectivity index (χ0n) is 16.5. The van der Waals surface area contributed by atoms with E-state index < -0.39 is 12.5 Å². The molecule has 0 atom stereocenters. The molecule has 6 heteroatoms. The van der Waals surface area contributed by atoms with Crippen LogP contribution in [0, 0.1) is 12.3 Å². The van der Waals surface area contributed by atoms with Crippen molar-refractivity contribution in [1.29, 1.82) is 0 Å². The molecule has 0 saturated heterocycles. The monoisotopic (exact) mass is 358 g/mol. The number of carbonyl (C=O) groups excluding carboxylic acids is 1. The molecule has 1 aromatic carbocycles. The summed E-state index contributed by atoms with van der Waals surface area (Å²) in [6.45, 7) is -0.808. The maximum absolute atomic E-state index is 12.4. The Labute approximate surface area is 159 Å². The second kappa shape index (κ2) is 6.89. The van der Waals surface area contributed by atoms with Gasteiger partial charge in [-0.15, -0.1) is 6.42 Å². The van der Waals surface area contributed by atoms with Gasteiger partial charge in [0.15, 0.2) is 5.69 Å². The highest BCUT2D eigenvalue weighted by Crippen LogP contribution is 2.27. The molecule has 0 saturated carbocycles. The lowest BCUT2D eigenvalue weighted by atomic mass is 10.0. The average Bonchev–Trinajstić information content (AvgIpc) is 3.04. The number of esters is 1. The van der Waals surface area contributed by atoms with Crippen LogP contribution in [-0.4, -0.2) is 32.8 Å². The van der Waals surface area contributed by atoms with Crippen LogP contribution in [0.2, 0.25) is 0 Å². The number of nitrogens with zero attached hydrogens (tertiary/aromatic N) is 4. The Balaban J connectivity index is 1.89. The molecule has 2 aromatic heterocycles. The number of aromatic nitrogens is 3. The molecule has 6 nitrogen and oxygen atoms in total. The van der Waals surface area contributed by atoms with Gasteiger partial charge in [0.2, 0.25) is 0 Å². The largest absolute Gasteiger partial charge is 0.461 e. The lowest BCUT2D eigenvalue weighted by Crippen LogP contribution is -2.09. The maximum Gasteiger partial charge on any atom is 0.358 e. The number of rotatable bonds is 3. The summed E-state index contributed by atoms with van der Waals surface area (Å²) in [5.41, 5.74) is 4.04. The summed E-state index contributed by atoms with van der Waals surface area (Å²) in [4.78, 5) is 25.7. The molecule has 0 aliphatic carbocycles. The van der Waals surface area contributed by atoms with Gasteiger partial charge in [0.25, 0.3) is 0 Å². The molecule has 27 heavy (non-hydrogen) atoms. The fourth-order valence-corrected chi connectivity index (χ4v) is 3.03. The van der Waals surface area contributed by atoms with E-state index in [4.69, 9.17) is 13.9 Å². The fourth-order valence-electron chi connectivity index (χ4n) is 3.03. The highest BCUT2D eigenvalue weighted by atomic mass is 16.5. The van der Waals surface area contributed by atoms with Crippen molar-refractivity contribution < 1.29 is 12.3 Å². The molecule has 0 N–H and O–H groups in total. The quantitative estimate of drug-likeness (QED) is 0.533. The van der Waals surface area contributed by atoms with Gasteiger partial charge in [0, 0.05) is 17.3 Å². The van der Waals surface area contributed by atoms with Crippen molar-refractivity contribution >= 4 is 11.7 Å². The minimum atomic E-state index is -2.11. The first-order chi connectivity index (χ1) is 13.9. The van der Waals surface area contributed by atoms with E-state index >= 15 is 0 Å². The molecule has 0 fully saturated rings. The molecule has 0 unspecified atom stereocenters. The predicted octanol–water partition coefficient (Wildman–Crippen LogP) is 2.78. The summed E-state index contributed by atoms with van der Waals surface area (Å²) < 4.78 is 21.6. The minimum Gasteiger partial charge on any atom is -0.461 e. The van der Waals surface area contributed by atoms with Crippen molar-refractivity contribution in [2.24, 2.45) is 4.99 Å². The molecule has 0 bridgehead atoms. The second-order valence-corrected chi connectivity index (χ2v) is 5.76. The van der Waals surface area contributed by atoms with Crippen LogP contribution in [0.4, 0.5) is 0 Å². The number of benzene rings is 1. The minimum absolute atomic E-state index is 0.0220. The zero-order chi connectivity index (χ0) is 20.6. The first-order valence-electron chi connectivity index (χ1n) is 9.24. The molecule has 0 radical (unpaired) electrons. The van der Waals surface area contributed by atoms with Crippen molar-refractivity contribution in [2.45, 2.75) is 13.5 Å². The normalized spacial score (nSPS) is 13.9. The van der Waals surface area contributed by atoms with Gasteiger partial charge in [-0.05, 0) is 37.3 Å². The average molecular weight is 358 g/mol. The summed E-state index contributed by atoms with van der Waals surface area (Å²) in [6.07, 6.45) is 8.77. The van der Waals surface area contributed by atoms with Gasteiger partial charge in [-0.25, -0.2) is 9.78 Å². The Kier molecular flexibility index (Phi) is 3.68. The van der Waals surface area contributed by atoms with E-state index in [0.717, 1.165) is 18.2 Å². The number of hydrogen-bond donors (Lipinski definition) is 0.